The van der Waals surface area contributed by atoms with Gasteiger partial charge in [0.1, 0.15) is 6.61 Å². The van der Waals surface area contributed by atoms with Gasteiger partial charge in [0.15, 0.2) is 0 Å². The second-order valence-electron chi connectivity index (χ2n) is 4.06. The first-order valence-electron chi connectivity index (χ1n) is 5.89. The van der Waals surface area contributed by atoms with Crippen molar-refractivity contribution in [3.05, 3.63) is 23.5 Å². The Morgan fingerprint density at radius 3 is 2.22 bits per heavy atom. The Morgan fingerprint density at radius 2 is 1.67 bits per heavy atom. The van der Waals surface area contributed by atoms with Crippen molar-refractivity contribution < 1.29 is 19.1 Å². The summed E-state index contributed by atoms with van der Waals surface area (Å²) in [7, 11) is 1.30. The zero-order chi connectivity index (χ0) is 13.5. The molecule has 1 heterocycles. The van der Waals surface area contributed by atoms with Crippen LogP contribution in [0, 0.1) is 13.8 Å². The molecule has 0 saturated heterocycles. The fourth-order valence-corrected chi connectivity index (χ4v) is 1.68. The van der Waals surface area contributed by atoms with E-state index in [9.17, 15) is 9.59 Å². The van der Waals surface area contributed by atoms with Gasteiger partial charge in [0.2, 0.25) is 0 Å². The molecule has 0 aliphatic carbocycles. The number of esters is 2. The number of ether oxygens (including phenoxy) is 2. The van der Waals surface area contributed by atoms with E-state index in [-0.39, 0.29) is 18.8 Å². The standard InChI is InChI=1S/C13H19NO4/c1-10-4-5-11(2)14(10)8-9-18-13(16)7-6-12(15)17-3/h4-5H,6-9H2,1-3H3. The highest BCUT2D eigenvalue weighted by atomic mass is 16.5. The topological polar surface area (TPSA) is 57.5 Å². The van der Waals surface area contributed by atoms with Gasteiger partial charge in [0.25, 0.3) is 0 Å². The van der Waals surface area contributed by atoms with Crippen molar-refractivity contribution in [2.24, 2.45) is 0 Å². The maximum absolute atomic E-state index is 11.3. The highest BCUT2D eigenvalue weighted by Gasteiger charge is 2.08. The summed E-state index contributed by atoms with van der Waals surface area (Å²) in [5.41, 5.74) is 2.27. The van der Waals surface area contributed by atoms with Gasteiger partial charge in [0.05, 0.1) is 26.5 Å². The average Bonchev–Trinajstić information content (AvgIpc) is 2.67. The van der Waals surface area contributed by atoms with Crippen LogP contribution in [0.2, 0.25) is 0 Å². The predicted octanol–water partition coefficient (Wildman–Crippen LogP) is 1.60. The van der Waals surface area contributed by atoms with E-state index in [1.165, 1.54) is 7.11 Å². The highest BCUT2D eigenvalue weighted by Crippen LogP contribution is 2.06. The third-order valence-electron chi connectivity index (χ3n) is 2.76. The maximum atomic E-state index is 11.3. The summed E-state index contributed by atoms with van der Waals surface area (Å²) in [5, 5.41) is 0. The van der Waals surface area contributed by atoms with E-state index in [0.717, 1.165) is 11.4 Å². The summed E-state index contributed by atoms with van der Waals surface area (Å²) in [5.74, 6) is -0.771. The fraction of sp³-hybridized carbons (Fsp3) is 0.538. The average molecular weight is 253 g/mol. The number of carbonyl (C=O) groups is 2. The molecule has 100 valence electrons. The number of nitrogens with zero attached hydrogens (tertiary/aromatic N) is 1. The molecule has 1 rings (SSSR count). The lowest BCUT2D eigenvalue weighted by Gasteiger charge is -2.09. The molecule has 18 heavy (non-hydrogen) atoms. The number of hydrogen-bond donors (Lipinski definition) is 0. The van der Waals surface area contributed by atoms with E-state index in [1.54, 1.807) is 0 Å². The highest BCUT2D eigenvalue weighted by molar-refractivity contribution is 5.77. The van der Waals surface area contributed by atoms with Gasteiger partial charge in [-0.3, -0.25) is 9.59 Å². The second-order valence-corrected chi connectivity index (χ2v) is 4.06. The molecule has 1 aromatic heterocycles. The zero-order valence-electron chi connectivity index (χ0n) is 11.1. The van der Waals surface area contributed by atoms with Crippen LogP contribution in [0.25, 0.3) is 0 Å². The Kier molecular flexibility index (Phi) is 5.42. The Labute approximate surface area is 107 Å². The molecule has 0 atom stereocenters. The van der Waals surface area contributed by atoms with Crippen LogP contribution >= 0.6 is 0 Å². The molecule has 0 saturated carbocycles. The SMILES string of the molecule is COC(=O)CCC(=O)OCCn1c(C)ccc1C. The van der Waals surface area contributed by atoms with Crippen LogP contribution in [0.5, 0.6) is 0 Å². The Hall–Kier alpha value is -1.78. The first kappa shape index (κ1) is 14.3. The van der Waals surface area contributed by atoms with Gasteiger partial charge < -0.3 is 14.0 Å². The summed E-state index contributed by atoms with van der Waals surface area (Å²) < 4.78 is 11.6. The van der Waals surface area contributed by atoms with Crippen LogP contribution in [0.15, 0.2) is 12.1 Å². The van der Waals surface area contributed by atoms with Crippen LogP contribution in [0.4, 0.5) is 0 Å². The molecule has 1 aromatic rings. The number of rotatable bonds is 6. The van der Waals surface area contributed by atoms with E-state index in [4.69, 9.17) is 4.74 Å². The molecule has 0 aromatic carbocycles. The van der Waals surface area contributed by atoms with Crippen molar-refractivity contribution in [3.63, 3.8) is 0 Å². The molecule has 0 bridgehead atoms. The molecule has 0 aliphatic heterocycles. The van der Waals surface area contributed by atoms with Gasteiger partial charge in [-0.15, -0.1) is 0 Å². The lowest BCUT2D eigenvalue weighted by molar-refractivity contribution is -0.149. The number of carbonyl (C=O) groups excluding carboxylic acids is 2. The number of aryl methyl sites for hydroxylation is 2. The Morgan fingerprint density at radius 1 is 1.11 bits per heavy atom. The fourth-order valence-electron chi connectivity index (χ4n) is 1.68. The minimum atomic E-state index is -0.399. The van der Waals surface area contributed by atoms with Gasteiger partial charge in [-0.05, 0) is 26.0 Å². The molecule has 0 N–H and O–H groups in total. The largest absolute Gasteiger partial charge is 0.469 e. The summed E-state index contributed by atoms with van der Waals surface area (Å²) in [6.45, 7) is 4.96. The quantitative estimate of drug-likeness (QED) is 0.723. The van der Waals surface area contributed by atoms with Gasteiger partial charge in [-0.25, -0.2) is 0 Å². The molecule has 0 fully saturated rings. The maximum Gasteiger partial charge on any atom is 0.306 e. The van der Waals surface area contributed by atoms with Crippen molar-refractivity contribution in [2.75, 3.05) is 13.7 Å². The zero-order valence-corrected chi connectivity index (χ0v) is 11.1. The van der Waals surface area contributed by atoms with Crippen molar-refractivity contribution in [2.45, 2.75) is 33.2 Å². The summed E-state index contributed by atoms with van der Waals surface area (Å²) in [6, 6.07) is 4.04. The lowest BCUT2D eigenvalue weighted by Crippen LogP contribution is -2.14. The summed E-state index contributed by atoms with van der Waals surface area (Å²) >= 11 is 0. The Balaban J connectivity index is 2.26. The number of methoxy groups -OCH3 is 1. The predicted molar refractivity (Wildman–Crippen MR) is 66.1 cm³/mol. The first-order valence-corrected chi connectivity index (χ1v) is 5.89. The van der Waals surface area contributed by atoms with Crippen LogP contribution in [0.3, 0.4) is 0 Å². The molecule has 0 aliphatic rings. The molecule has 0 spiro atoms. The summed E-state index contributed by atoms with van der Waals surface area (Å²) in [4.78, 5) is 22.2. The molecular weight excluding hydrogens is 234 g/mol. The van der Waals surface area contributed by atoms with Crippen LogP contribution in [0.1, 0.15) is 24.2 Å². The van der Waals surface area contributed by atoms with Crippen LogP contribution in [-0.2, 0) is 25.6 Å². The lowest BCUT2D eigenvalue weighted by atomic mass is 10.3. The van der Waals surface area contributed by atoms with Gasteiger partial charge in [-0.1, -0.05) is 0 Å². The minimum Gasteiger partial charge on any atom is -0.469 e. The van der Waals surface area contributed by atoms with Crippen molar-refractivity contribution >= 4 is 11.9 Å². The minimum absolute atomic E-state index is 0.0658. The van der Waals surface area contributed by atoms with E-state index in [0.29, 0.717) is 13.2 Å². The Bertz CT molecular complexity index is 403. The first-order chi connectivity index (χ1) is 8.54. The van der Waals surface area contributed by atoms with Crippen molar-refractivity contribution in [1.82, 2.24) is 4.57 Å². The molecule has 5 heteroatoms. The van der Waals surface area contributed by atoms with Crippen molar-refractivity contribution in [3.8, 4) is 0 Å². The smallest absolute Gasteiger partial charge is 0.306 e. The molecule has 0 unspecified atom stereocenters. The third-order valence-corrected chi connectivity index (χ3v) is 2.76. The second kappa shape index (κ2) is 6.83. The summed E-state index contributed by atoms with van der Waals surface area (Å²) in [6.07, 6.45) is 0.132. The van der Waals surface area contributed by atoms with Crippen LogP contribution < -0.4 is 0 Å². The van der Waals surface area contributed by atoms with E-state index >= 15 is 0 Å². The van der Waals surface area contributed by atoms with Gasteiger partial charge in [-0.2, -0.15) is 0 Å². The van der Waals surface area contributed by atoms with Crippen LogP contribution in [-0.4, -0.2) is 30.2 Å². The van der Waals surface area contributed by atoms with Gasteiger partial charge >= 0.3 is 11.9 Å². The number of hydrogen-bond acceptors (Lipinski definition) is 4. The normalized spacial score (nSPS) is 10.2. The van der Waals surface area contributed by atoms with E-state index in [2.05, 4.69) is 9.30 Å². The third kappa shape index (κ3) is 4.24. The van der Waals surface area contributed by atoms with E-state index < -0.39 is 5.97 Å². The van der Waals surface area contributed by atoms with Gasteiger partial charge in [0, 0.05) is 11.4 Å². The molecule has 5 nitrogen and oxygen atoms in total. The molecule has 0 radical (unpaired) electrons. The van der Waals surface area contributed by atoms with E-state index in [1.807, 2.05) is 26.0 Å². The molecular formula is C13H19NO4. The van der Waals surface area contributed by atoms with Crippen molar-refractivity contribution in [1.29, 1.82) is 0 Å². The monoisotopic (exact) mass is 253 g/mol. The molecule has 0 amide bonds. The number of aromatic nitrogens is 1.